The van der Waals surface area contributed by atoms with Crippen LogP contribution in [0.3, 0.4) is 0 Å². The van der Waals surface area contributed by atoms with Gasteiger partial charge >= 0.3 is 0 Å². The van der Waals surface area contributed by atoms with Gasteiger partial charge in [-0.3, -0.25) is 9.58 Å². The van der Waals surface area contributed by atoms with E-state index in [9.17, 15) is 0 Å². The third-order valence-electron chi connectivity index (χ3n) is 2.06. The van der Waals surface area contributed by atoms with E-state index >= 15 is 0 Å². The summed E-state index contributed by atoms with van der Waals surface area (Å²) < 4.78 is 1.82. The van der Waals surface area contributed by atoms with E-state index in [0.29, 0.717) is 0 Å². The topological polar surface area (TPSA) is 34.0 Å². The Hall–Kier alpha value is -0.900. The average molecular weight is 168 g/mol. The van der Waals surface area contributed by atoms with Crippen molar-refractivity contribution in [2.24, 2.45) is 7.05 Å². The molecule has 12 heavy (non-hydrogen) atoms. The van der Waals surface area contributed by atoms with Gasteiger partial charge < -0.3 is 0 Å². The molecular weight excluding hydrogens is 152 g/mol. The first-order valence-corrected chi connectivity index (χ1v) is 4.33. The molecule has 0 aromatic carbocycles. The van der Waals surface area contributed by atoms with Crippen LogP contribution < -0.4 is 0 Å². The van der Waals surface area contributed by atoms with Crippen LogP contribution in [-0.4, -0.2) is 32.8 Å². The molecule has 1 rings (SSSR count). The minimum atomic E-state index is 0.892. The fraction of sp³-hybridized carbons (Fsp3) is 0.750. The highest BCUT2D eigenvalue weighted by molar-refractivity contribution is 4.82. The molecule has 1 aromatic rings. The molecule has 68 valence electrons. The van der Waals surface area contributed by atoms with Crippen LogP contribution in [0.4, 0.5) is 0 Å². The second-order valence-electron chi connectivity index (χ2n) is 2.76. The van der Waals surface area contributed by atoms with E-state index in [1.165, 1.54) is 0 Å². The molecule has 4 nitrogen and oxygen atoms in total. The van der Waals surface area contributed by atoms with E-state index in [1.807, 2.05) is 11.7 Å². The maximum Gasteiger partial charge on any atom is 0.140 e. The van der Waals surface area contributed by atoms with Crippen molar-refractivity contribution in [3.63, 3.8) is 0 Å². The molecule has 0 aliphatic heterocycles. The summed E-state index contributed by atoms with van der Waals surface area (Å²) in [4.78, 5) is 6.47. The van der Waals surface area contributed by atoms with Gasteiger partial charge in [0, 0.05) is 7.05 Å². The van der Waals surface area contributed by atoms with Gasteiger partial charge in [-0.25, -0.2) is 4.98 Å². The van der Waals surface area contributed by atoms with Crippen molar-refractivity contribution in [2.45, 2.75) is 20.4 Å². The second kappa shape index (κ2) is 4.21. The number of hydrogen-bond acceptors (Lipinski definition) is 3. The van der Waals surface area contributed by atoms with Crippen LogP contribution in [0.1, 0.15) is 19.7 Å². The molecule has 0 unspecified atom stereocenters. The molecule has 1 heterocycles. The largest absolute Gasteiger partial charge is 0.297 e. The van der Waals surface area contributed by atoms with Gasteiger partial charge in [0.15, 0.2) is 0 Å². The number of hydrogen-bond donors (Lipinski definition) is 0. The smallest absolute Gasteiger partial charge is 0.140 e. The van der Waals surface area contributed by atoms with Crippen LogP contribution >= 0.6 is 0 Å². The van der Waals surface area contributed by atoms with Gasteiger partial charge in [0.2, 0.25) is 0 Å². The summed E-state index contributed by atoms with van der Waals surface area (Å²) in [6.07, 6.45) is 1.60. The second-order valence-corrected chi connectivity index (χ2v) is 2.76. The Kier molecular flexibility index (Phi) is 3.22. The van der Waals surface area contributed by atoms with Gasteiger partial charge in [-0.15, -0.1) is 0 Å². The van der Waals surface area contributed by atoms with Crippen LogP contribution in [-0.2, 0) is 13.6 Å². The van der Waals surface area contributed by atoms with Crippen molar-refractivity contribution >= 4 is 0 Å². The highest BCUT2D eigenvalue weighted by Gasteiger charge is 2.04. The van der Waals surface area contributed by atoms with Gasteiger partial charge in [0.25, 0.3) is 0 Å². The minimum Gasteiger partial charge on any atom is -0.297 e. The van der Waals surface area contributed by atoms with E-state index in [-0.39, 0.29) is 0 Å². The fourth-order valence-corrected chi connectivity index (χ4v) is 1.11. The summed E-state index contributed by atoms with van der Waals surface area (Å²) >= 11 is 0. The molecule has 1 aromatic heterocycles. The summed E-state index contributed by atoms with van der Waals surface area (Å²) in [6, 6.07) is 0. The van der Waals surface area contributed by atoms with Crippen molar-refractivity contribution in [1.82, 2.24) is 19.7 Å². The van der Waals surface area contributed by atoms with Gasteiger partial charge in [0.1, 0.15) is 12.2 Å². The highest BCUT2D eigenvalue weighted by atomic mass is 15.3. The quantitative estimate of drug-likeness (QED) is 0.662. The van der Waals surface area contributed by atoms with Crippen molar-refractivity contribution in [3.05, 3.63) is 12.2 Å². The molecule has 0 amide bonds. The Morgan fingerprint density at radius 2 is 2.08 bits per heavy atom. The molecule has 0 aliphatic carbocycles. The monoisotopic (exact) mass is 168 g/mol. The first kappa shape index (κ1) is 9.19. The summed E-state index contributed by atoms with van der Waals surface area (Å²) in [5.74, 6) is 1.03. The molecule has 0 fully saturated rings. The molecule has 0 atom stereocenters. The lowest BCUT2D eigenvalue weighted by Crippen LogP contribution is -2.24. The molecule has 0 radical (unpaired) electrons. The molecular formula is C8H16N4. The van der Waals surface area contributed by atoms with E-state index < -0.39 is 0 Å². The van der Waals surface area contributed by atoms with Crippen molar-refractivity contribution in [3.8, 4) is 0 Å². The Labute approximate surface area is 73.2 Å². The molecule has 4 heteroatoms. The van der Waals surface area contributed by atoms with Gasteiger partial charge in [-0.1, -0.05) is 13.8 Å². The van der Waals surface area contributed by atoms with Gasteiger partial charge in [0.05, 0.1) is 6.54 Å². The zero-order valence-corrected chi connectivity index (χ0v) is 7.99. The maximum atomic E-state index is 4.16. The normalized spacial score (nSPS) is 11.0. The Bertz CT molecular complexity index is 227. The predicted molar refractivity (Wildman–Crippen MR) is 47.6 cm³/mol. The zero-order valence-electron chi connectivity index (χ0n) is 7.99. The van der Waals surface area contributed by atoms with Crippen LogP contribution in [0.5, 0.6) is 0 Å². The van der Waals surface area contributed by atoms with E-state index in [2.05, 4.69) is 28.8 Å². The third kappa shape index (κ3) is 2.04. The fourth-order valence-electron chi connectivity index (χ4n) is 1.11. The molecule has 0 saturated carbocycles. The predicted octanol–water partition coefficient (Wildman–Crippen LogP) is 0.657. The number of aryl methyl sites for hydroxylation is 1. The van der Waals surface area contributed by atoms with Gasteiger partial charge in [-0.05, 0) is 13.1 Å². The molecule has 0 saturated heterocycles. The van der Waals surface area contributed by atoms with Crippen LogP contribution in [0.25, 0.3) is 0 Å². The van der Waals surface area contributed by atoms with Crippen molar-refractivity contribution < 1.29 is 0 Å². The number of aromatic nitrogens is 3. The number of nitrogens with zero attached hydrogens (tertiary/aromatic N) is 4. The zero-order chi connectivity index (χ0) is 8.97. The summed E-state index contributed by atoms with van der Waals surface area (Å²) in [5.41, 5.74) is 0. The average Bonchev–Trinajstić information content (AvgIpc) is 2.47. The summed E-state index contributed by atoms with van der Waals surface area (Å²) in [5, 5.41) is 4.02. The van der Waals surface area contributed by atoms with E-state index in [0.717, 1.165) is 25.5 Å². The van der Waals surface area contributed by atoms with Crippen LogP contribution in [0, 0.1) is 0 Å². The molecule has 0 bridgehead atoms. The van der Waals surface area contributed by atoms with Crippen molar-refractivity contribution in [2.75, 3.05) is 13.1 Å². The number of rotatable bonds is 4. The van der Waals surface area contributed by atoms with Gasteiger partial charge in [-0.2, -0.15) is 5.10 Å². The standard InChI is InChI=1S/C8H16N4/c1-4-12(5-2)6-8-9-7-10-11(8)3/h7H,4-6H2,1-3H3. The first-order chi connectivity index (χ1) is 5.77. The highest BCUT2D eigenvalue weighted by Crippen LogP contribution is 1.97. The molecule has 0 spiro atoms. The summed E-state index contributed by atoms with van der Waals surface area (Å²) in [7, 11) is 1.92. The van der Waals surface area contributed by atoms with Crippen molar-refractivity contribution in [1.29, 1.82) is 0 Å². The first-order valence-electron chi connectivity index (χ1n) is 4.33. The summed E-state index contributed by atoms with van der Waals surface area (Å²) in [6.45, 7) is 7.32. The van der Waals surface area contributed by atoms with Crippen LogP contribution in [0.2, 0.25) is 0 Å². The maximum absolute atomic E-state index is 4.16. The molecule has 0 aliphatic rings. The Morgan fingerprint density at radius 1 is 1.42 bits per heavy atom. The lowest BCUT2D eigenvalue weighted by molar-refractivity contribution is 0.283. The Morgan fingerprint density at radius 3 is 2.50 bits per heavy atom. The Balaban J connectivity index is 2.56. The van der Waals surface area contributed by atoms with Crippen LogP contribution in [0.15, 0.2) is 6.33 Å². The third-order valence-corrected chi connectivity index (χ3v) is 2.06. The van der Waals surface area contributed by atoms with E-state index in [4.69, 9.17) is 0 Å². The SMILES string of the molecule is CCN(CC)Cc1ncnn1C. The molecule has 0 N–H and O–H groups in total. The lowest BCUT2D eigenvalue weighted by Gasteiger charge is -2.16. The lowest BCUT2D eigenvalue weighted by atomic mass is 10.4. The van der Waals surface area contributed by atoms with E-state index in [1.54, 1.807) is 6.33 Å². The minimum absolute atomic E-state index is 0.892.